The van der Waals surface area contributed by atoms with Crippen molar-refractivity contribution in [3.63, 3.8) is 0 Å². The topological polar surface area (TPSA) is 73.6 Å². The van der Waals surface area contributed by atoms with E-state index < -0.39 is 12.2 Å². The van der Waals surface area contributed by atoms with Crippen LogP contribution in [-0.4, -0.2) is 17.2 Å². The number of halogens is 2. The van der Waals surface area contributed by atoms with E-state index in [1.54, 1.807) is 6.92 Å². The lowest BCUT2D eigenvalue weighted by atomic mass is 10.2. The van der Waals surface area contributed by atoms with Crippen LogP contribution in [0.1, 0.15) is 16.2 Å². The van der Waals surface area contributed by atoms with Gasteiger partial charge in [-0.1, -0.05) is 18.2 Å². The third-order valence-corrected chi connectivity index (χ3v) is 3.69. The van der Waals surface area contributed by atoms with E-state index in [9.17, 15) is 13.6 Å². The first-order valence-corrected chi connectivity index (χ1v) is 7.65. The Balaban J connectivity index is 1.56. The van der Waals surface area contributed by atoms with Gasteiger partial charge in [0.25, 0.3) is 5.91 Å². The molecule has 1 aliphatic heterocycles. The molecule has 6 nitrogen and oxygen atoms in total. The van der Waals surface area contributed by atoms with Crippen molar-refractivity contribution in [1.82, 2.24) is 4.98 Å². The highest BCUT2D eigenvalue weighted by molar-refractivity contribution is 6.04. The molecular formula is C18H12F2N2O4. The zero-order valence-electron chi connectivity index (χ0n) is 13.5. The zero-order chi connectivity index (χ0) is 18.3. The Hall–Kier alpha value is -3.42. The number of benzene rings is 2. The average Bonchev–Trinajstić information content (AvgIpc) is 3.13. The van der Waals surface area contributed by atoms with E-state index in [1.165, 1.54) is 18.2 Å². The van der Waals surface area contributed by atoms with Gasteiger partial charge in [0.05, 0.1) is 0 Å². The quantitative estimate of drug-likeness (QED) is 0.759. The Kier molecular flexibility index (Phi) is 3.61. The molecule has 0 atom stereocenters. The van der Waals surface area contributed by atoms with Gasteiger partial charge >= 0.3 is 6.29 Å². The molecule has 2 heterocycles. The van der Waals surface area contributed by atoms with Crippen molar-refractivity contribution in [2.24, 2.45) is 0 Å². The number of hydrogen-bond donors (Lipinski definition) is 1. The van der Waals surface area contributed by atoms with E-state index >= 15 is 0 Å². The maximum absolute atomic E-state index is 13.1. The second-order valence-corrected chi connectivity index (χ2v) is 5.57. The van der Waals surface area contributed by atoms with Crippen molar-refractivity contribution in [3.05, 3.63) is 60.0 Å². The van der Waals surface area contributed by atoms with E-state index in [0.717, 1.165) is 5.56 Å². The van der Waals surface area contributed by atoms with Gasteiger partial charge in [0.2, 0.25) is 5.89 Å². The van der Waals surface area contributed by atoms with Gasteiger partial charge in [-0.05, 0) is 31.2 Å². The van der Waals surface area contributed by atoms with E-state index in [2.05, 4.69) is 19.8 Å². The minimum Gasteiger partial charge on any atom is -0.441 e. The molecule has 0 saturated heterocycles. The van der Waals surface area contributed by atoms with Crippen LogP contribution in [0.2, 0.25) is 0 Å². The van der Waals surface area contributed by atoms with Crippen LogP contribution in [0.15, 0.2) is 52.9 Å². The maximum atomic E-state index is 13.1. The number of anilines is 1. The summed E-state index contributed by atoms with van der Waals surface area (Å²) in [7, 11) is 0. The number of ether oxygens (including phenoxy) is 2. The number of rotatable bonds is 3. The number of hydrogen-bond acceptors (Lipinski definition) is 5. The summed E-state index contributed by atoms with van der Waals surface area (Å²) in [6.45, 7) is 1.62. The first-order valence-electron chi connectivity index (χ1n) is 7.65. The molecule has 1 aliphatic rings. The van der Waals surface area contributed by atoms with Crippen LogP contribution in [0, 0.1) is 6.92 Å². The summed E-state index contributed by atoms with van der Waals surface area (Å²) in [6, 6.07) is 13.1. The van der Waals surface area contributed by atoms with E-state index in [-0.39, 0.29) is 22.9 Å². The summed E-state index contributed by atoms with van der Waals surface area (Å²) >= 11 is 0. The molecule has 0 spiro atoms. The molecular weight excluding hydrogens is 346 g/mol. The molecule has 0 bridgehead atoms. The number of nitrogens with zero attached hydrogens (tertiary/aromatic N) is 1. The lowest BCUT2D eigenvalue weighted by Gasteiger charge is -2.05. The van der Waals surface area contributed by atoms with Gasteiger partial charge in [0.1, 0.15) is 5.76 Å². The monoisotopic (exact) mass is 358 g/mol. The maximum Gasteiger partial charge on any atom is 0.586 e. The van der Waals surface area contributed by atoms with Crippen molar-refractivity contribution in [3.8, 4) is 23.0 Å². The molecule has 1 aromatic heterocycles. The molecule has 1 amide bonds. The van der Waals surface area contributed by atoms with Gasteiger partial charge in [0, 0.05) is 17.3 Å². The van der Waals surface area contributed by atoms with Gasteiger partial charge in [-0.3, -0.25) is 4.79 Å². The minimum absolute atomic E-state index is 0.100. The molecule has 0 aliphatic carbocycles. The predicted molar refractivity (Wildman–Crippen MR) is 87.3 cm³/mol. The highest BCUT2D eigenvalue weighted by Crippen LogP contribution is 2.42. The fraction of sp³-hybridized carbons (Fsp3) is 0.111. The zero-order valence-corrected chi connectivity index (χ0v) is 13.5. The Morgan fingerprint density at radius 1 is 1.08 bits per heavy atom. The van der Waals surface area contributed by atoms with Crippen LogP contribution in [-0.2, 0) is 0 Å². The number of alkyl halides is 2. The standard InChI is InChI=1S/C18H12F2N2O4/c1-10-15(22-17(24-10)11-5-3-2-4-6-11)16(23)21-12-7-8-13-14(9-12)26-18(19,20)25-13/h2-9H,1H3,(H,21,23). The Morgan fingerprint density at radius 2 is 1.81 bits per heavy atom. The summed E-state index contributed by atoms with van der Waals surface area (Å²) < 4.78 is 40.3. The van der Waals surface area contributed by atoms with Gasteiger partial charge in [-0.2, -0.15) is 0 Å². The van der Waals surface area contributed by atoms with Gasteiger partial charge in [-0.25, -0.2) is 4.98 Å². The highest BCUT2D eigenvalue weighted by atomic mass is 19.3. The number of aryl methyl sites for hydroxylation is 1. The number of fused-ring (bicyclic) bond motifs is 1. The molecule has 8 heteroatoms. The second-order valence-electron chi connectivity index (χ2n) is 5.57. The summed E-state index contributed by atoms with van der Waals surface area (Å²) in [5.74, 6) is -0.127. The van der Waals surface area contributed by atoms with Crippen LogP contribution in [0.3, 0.4) is 0 Å². The number of nitrogens with one attached hydrogen (secondary N) is 1. The number of carbonyl (C=O) groups is 1. The second kappa shape index (κ2) is 5.83. The van der Waals surface area contributed by atoms with Crippen LogP contribution in [0.25, 0.3) is 11.5 Å². The molecule has 2 aromatic carbocycles. The minimum atomic E-state index is -3.71. The van der Waals surface area contributed by atoms with Crippen molar-refractivity contribution in [2.45, 2.75) is 13.2 Å². The van der Waals surface area contributed by atoms with Crippen LogP contribution >= 0.6 is 0 Å². The first kappa shape index (κ1) is 16.1. The lowest BCUT2D eigenvalue weighted by molar-refractivity contribution is -0.286. The average molecular weight is 358 g/mol. The fourth-order valence-electron chi connectivity index (χ4n) is 2.53. The molecule has 4 rings (SSSR count). The van der Waals surface area contributed by atoms with Crippen LogP contribution in [0.5, 0.6) is 11.5 Å². The summed E-state index contributed by atoms with van der Waals surface area (Å²) in [4.78, 5) is 16.7. The summed E-state index contributed by atoms with van der Waals surface area (Å²) in [6.07, 6.45) is -3.71. The van der Waals surface area contributed by atoms with Crippen LogP contribution in [0.4, 0.5) is 14.5 Å². The lowest BCUT2D eigenvalue weighted by Crippen LogP contribution is -2.25. The van der Waals surface area contributed by atoms with Crippen molar-refractivity contribution < 1.29 is 27.5 Å². The first-order chi connectivity index (χ1) is 12.4. The van der Waals surface area contributed by atoms with E-state index in [1.807, 2.05) is 30.3 Å². The van der Waals surface area contributed by atoms with Gasteiger partial charge in [-0.15, -0.1) is 8.78 Å². The molecule has 3 aromatic rings. The molecule has 0 radical (unpaired) electrons. The summed E-state index contributed by atoms with van der Waals surface area (Å²) in [5, 5.41) is 2.58. The van der Waals surface area contributed by atoms with Crippen LogP contribution < -0.4 is 14.8 Å². The summed E-state index contributed by atoms with van der Waals surface area (Å²) in [5.41, 5.74) is 1.10. The van der Waals surface area contributed by atoms with E-state index in [4.69, 9.17) is 4.42 Å². The van der Waals surface area contributed by atoms with E-state index in [0.29, 0.717) is 11.7 Å². The molecule has 132 valence electrons. The van der Waals surface area contributed by atoms with Crippen molar-refractivity contribution in [2.75, 3.05) is 5.32 Å². The molecule has 26 heavy (non-hydrogen) atoms. The Bertz CT molecular complexity index is 986. The Labute approximate surface area is 146 Å². The normalized spacial score (nSPS) is 14.3. The molecule has 0 unspecified atom stereocenters. The third-order valence-electron chi connectivity index (χ3n) is 3.69. The van der Waals surface area contributed by atoms with Crippen molar-refractivity contribution >= 4 is 11.6 Å². The largest absolute Gasteiger partial charge is 0.586 e. The van der Waals surface area contributed by atoms with Crippen molar-refractivity contribution in [1.29, 1.82) is 0 Å². The smallest absolute Gasteiger partial charge is 0.441 e. The van der Waals surface area contributed by atoms with Gasteiger partial charge < -0.3 is 19.2 Å². The van der Waals surface area contributed by atoms with Gasteiger partial charge in [0.15, 0.2) is 17.2 Å². The number of carbonyl (C=O) groups excluding carboxylic acids is 1. The fourth-order valence-corrected chi connectivity index (χ4v) is 2.53. The third kappa shape index (κ3) is 2.97. The molecule has 0 fully saturated rings. The number of aromatic nitrogens is 1. The predicted octanol–water partition coefficient (Wildman–Crippen LogP) is 4.22. The highest BCUT2D eigenvalue weighted by Gasteiger charge is 2.43. The number of oxazole rings is 1. The molecule has 0 saturated carbocycles. The molecule has 1 N–H and O–H groups in total. The Morgan fingerprint density at radius 3 is 2.58 bits per heavy atom. The number of amides is 1. The SMILES string of the molecule is Cc1oc(-c2ccccc2)nc1C(=O)Nc1ccc2c(c1)OC(F)(F)O2.